The summed E-state index contributed by atoms with van der Waals surface area (Å²) in [6, 6.07) is 10.2. The molecule has 3 aromatic rings. The lowest BCUT2D eigenvalue weighted by Crippen LogP contribution is -2.45. The first-order chi connectivity index (χ1) is 16.0. The topological polar surface area (TPSA) is 67.5 Å². The van der Waals surface area contributed by atoms with Crippen LogP contribution in [0.25, 0.3) is 17.0 Å². The molecule has 1 aliphatic heterocycles. The number of H-pyrrole nitrogens is 1. The zero-order valence-corrected chi connectivity index (χ0v) is 19.5. The summed E-state index contributed by atoms with van der Waals surface area (Å²) in [6.07, 6.45) is 5.84. The number of aromatic amines is 1. The number of halogens is 1. The molecular formula is C26H30FN3O3. The van der Waals surface area contributed by atoms with Crippen molar-refractivity contribution < 1.29 is 18.7 Å². The Hall–Kier alpha value is -3.19. The summed E-state index contributed by atoms with van der Waals surface area (Å²) in [4.78, 5) is 13.9. The van der Waals surface area contributed by atoms with Gasteiger partial charge in [0.05, 0.1) is 38.6 Å². The standard InChI is InChI=1S/C26H30FN3O3/c1-16(13-27)15-30-17(2)11-21-19(8-9-23-22(21)14-28-29-23)26(30)20-7-5-18(12-24(20)32-3)6-10-25(31)33-4/h5-10,12,14,16-17,26H,11,13,15H2,1-4H3,(H,28,29)/b10-6+/t16-,17-,26+/m1/s1. The van der Waals surface area contributed by atoms with Gasteiger partial charge in [0, 0.05) is 29.6 Å². The monoisotopic (exact) mass is 451 g/mol. The Morgan fingerprint density at radius 2 is 2.09 bits per heavy atom. The van der Waals surface area contributed by atoms with E-state index in [0.29, 0.717) is 6.54 Å². The van der Waals surface area contributed by atoms with Crippen molar-refractivity contribution in [3.63, 3.8) is 0 Å². The molecule has 33 heavy (non-hydrogen) atoms. The van der Waals surface area contributed by atoms with Gasteiger partial charge in [0.25, 0.3) is 0 Å². The number of carbonyl (C=O) groups is 1. The highest BCUT2D eigenvalue weighted by atomic mass is 19.1. The number of nitrogens with one attached hydrogen (secondary N) is 1. The third-order valence-electron chi connectivity index (χ3n) is 6.41. The van der Waals surface area contributed by atoms with Crippen LogP contribution >= 0.6 is 0 Å². The van der Waals surface area contributed by atoms with Crippen LogP contribution in [-0.4, -0.2) is 54.5 Å². The van der Waals surface area contributed by atoms with Crippen LogP contribution in [0.3, 0.4) is 0 Å². The first kappa shape index (κ1) is 23.0. The molecule has 0 radical (unpaired) electrons. The third-order valence-corrected chi connectivity index (χ3v) is 6.41. The van der Waals surface area contributed by atoms with Crippen LogP contribution < -0.4 is 4.74 Å². The summed E-state index contributed by atoms with van der Waals surface area (Å²) < 4.78 is 24.0. The first-order valence-electron chi connectivity index (χ1n) is 11.2. The number of alkyl halides is 1. The van der Waals surface area contributed by atoms with E-state index in [9.17, 15) is 9.18 Å². The molecule has 0 unspecified atom stereocenters. The number of hydrogen-bond acceptors (Lipinski definition) is 5. The second-order valence-corrected chi connectivity index (χ2v) is 8.73. The number of aromatic nitrogens is 2. The normalized spacial score (nSPS) is 19.5. The smallest absolute Gasteiger partial charge is 0.330 e. The summed E-state index contributed by atoms with van der Waals surface area (Å²) in [7, 11) is 3.00. The molecule has 0 bridgehead atoms. The highest BCUT2D eigenvalue weighted by molar-refractivity contribution is 5.87. The number of ether oxygens (including phenoxy) is 2. The Kier molecular flexibility index (Phi) is 6.79. The van der Waals surface area contributed by atoms with Crippen molar-refractivity contribution in [2.75, 3.05) is 27.4 Å². The molecular weight excluding hydrogens is 421 g/mol. The van der Waals surface area contributed by atoms with E-state index in [1.807, 2.05) is 31.3 Å². The predicted octanol–water partition coefficient (Wildman–Crippen LogP) is 4.70. The Morgan fingerprint density at radius 3 is 2.82 bits per heavy atom. The van der Waals surface area contributed by atoms with E-state index in [-0.39, 0.29) is 24.7 Å². The molecule has 2 aromatic carbocycles. The van der Waals surface area contributed by atoms with E-state index < -0.39 is 5.97 Å². The fraction of sp³-hybridized carbons (Fsp3) is 0.385. The molecule has 4 rings (SSSR count). The molecule has 0 saturated heterocycles. The lowest BCUT2D eigenvalue weighted by molar-refractivity contribution is -0.134. The van der Waals surface area contributed by atoms with Gasteiger partial charge < -0.3 is 9.47 Å². The van der Waals surface area contributed by atoms with Gasteiger partial charge in [0.2, 0.25) is 0 Å². The maximum atomic E-state index is 13.5. The SMILES string of the molecule is COC(=O)/C=C/c1ccc([C@@H]2c3ccc4[nH]ncc4c3C[C@@H](C)N2C[C@H](C)CF)c(OC)c1. The number of methoxy groups -OCH3 is 2. The number of esters is 1. The summed E-state index contributed by atoms with van der Waals surface area (Å²) in [6.45, 7) is 4.41. The number of rotatable bonds is 7. The van der Waals surface area contributed by atoms with Gasteiger partial charge in [-0.05, 0) is 54.2 Å². The van der Waals surface area contributed by atoms with Gasteiger partial charge in [-0.2, -0.15) is 5.10 Å². The molecule has 2 heterocycles. The molecule has 1 aromatic heterocycles. The summed E-state index contributed by atoms with van der Waals surface area (Å²) in [5.74, 6) is 0.225. The molecule has 3 atom stereocenters. The Bertz CT molecular complexity index is 1170. The van der Waals surface area contributed by atoms with Crippen molar-refractivity contribution >= 4 is 22.9 Å². The summed E-state index contributed by atoms with van der Waals surface area (Å²) in [5.41, 5.74) is 5.30. The average Bonchev–Trinajstić information content (AvgIpc) is 3.32. The van der Waals surface area contributed by atoms with E-state index in [1.165, 1.54) is 24.3 Å². The Balaban J connectivity index is 1.84. The quantitative estimate of drug-likeness (QED) is 0.417. The molecule has 7 heteroatoms. The van der Waals surface area contributed by atoms with Crippen molar-refractivity contribution in [3.05, 3.63) is 64.9 Å². The minimum Gasteiger partial charge on any atom is -0.496 e. The molecule has 0 saturated carbocycles. The lowest BCUT2D eigenvalue weighted by atomic mass is 9.82. The summed E-state index contributed by atoms with van der Waals surface area (Å²) in [5, 5.41) is 8.43. The van der Waals surface area contributed by atoms with Crippen LogP contribution in [0.1, 0.15) is 42.1 Å². The average molecular weight is 452 g/mol. The number of nitrogens with zero attached hydrogens (tertiary/aromatic N) is 2. The number of benzene rings is 2. The van der Waals surface area contributed by atoms with Crippen LogP contribution in [0.4, 0.5) is 4.39 Å². The second-order valence-electron chi connectivity index (χ2n) is 8.73. The maximum absolute atomic E-state index is 13.5. The molecule has 174 valence electrons. The van der Waals surface area contributed by atoms with Gasteiger partial charge in [-0.25, -0.2) is 4.79 Å². The fourth-order valence-electron chi connectivity index (χ4n) is 4.75. The van der Waals surface area contributed by atoms with Crippen molar-refractivity contribution in [2.45, 2.75) is 32.4 Å². The number of fused-ring (bicyclic) bond motifs is 3. The van der Waals surface area contributed by atoms with E-state index in [1.54, 1.807) is 13.2 Å². The third kappa shape index (κ3) is 4.50. The van der Waals surface area contributed by atoms with Crippen LogP contribution in [-0.2, 0) is 16.0 Å². The van der Waals surface area contributed by atoms with E-state index >= 15 is 0 Å². The minimum atomic E-state index is -0.413. The molecule has 0 spiro atoms. The highest BCUT2D eigenvalue weighted by Gasteiger charge is 2.36. The van der Waals surface area contributed by atoms with Crippen LogP contribution in [0.5, 0.6) is 5.75 Å². The first-order valence-corrected chi connectivity index (χ1v) is 11.2. The zero-order valence-electron chi connectivity index (χ0n) is 19.5. The predicted molar refractivity (Wildman–Crippen MR) is 127 cm³/mol. The largest absolute Gasteiger partial charge is 0.496 e. The Morgan fingerprint density at radius 1 is 1.30 bits per heavy atom. The van der Waals surface area contributed by atoms with Crippen molar-refractivity contribution in [1.82, 2.24) is 15.1 Å². The molecule has 1 aliphatic rings. The molecule has 1 N–H and O–H groups in total. The molecule has 0 aliphatic carbocycles. The van der Waals surface area contributed by atoms with Gasteiger partial charge in [0.1, 0.15) is 5.75 Å². The lowest BCUT2D eigenvalue weighted by Gasteiger charge is -2.43. The zero-order chi connectivity index (χ0) is 23.5. The Labute approximate surface area is 193 Å². The highest BCUT2D eigenvalue weighted by Crippen LogP contribution is 2.43. The van der Waals surface area contributed by atoms with Gasteiger partial charge in [-0.15, -0.1) is 0 Å². The molecule has 6 nitrogen and oxygen atoms in total. The second kappa shape index (κ2) is 9.75. The van der Waals surface area contributed by atoms with Gasteiger partial charge >= 0.3 is 5.97 Å². The van der Waals surface area contributed by atoms with Crippen molar-refractivity contribution in [2.24, 2.45) is 5.92 Å². The van der Waals surface area contributed by atoms with E-state index in [4.69, 9.17) is 4.74 Å². The minimum absolute atomic E-state index is 0.0811. The maximum Gasteiger partial charge on any atom is 0.330 e. The molecule has 0 fully saturated rings. The van der Waals surface area contributed by atoms with Gasteiger partial charge in [0.15, 0.2) is 0 Å². The van der Waals surface area contributed by atoms with E-state index in [0.717, 1.165) is 34.2 Å². The van der Waals surface area contributed by atoms with Crippen LogP contribution in [0, 0.1) is 5.92 Å². The van der Waals surface area contributed by atoms with E-state index in [2.05, 4.69) is 38.9 Å². The van der Waals surface area contributed by atoms with Crippen LogP contribution in [0.15, 0.2) is 42.6 Å². The van der Waals surface area contributed by atoms with Crippen molar-refractivity contribution in [3.8, 4) is 5.75 Å². The fourth-order valence-corrected chi connectivity index (χ4v) is 4.75. The van der Waals surface area contributed by atoms with Gasteiger partial charge in [-0.3, -0.25) is 14.4 Å². The van der Waals surface area contributed by atoms with Gasteiger partial charge in [-0.1, -0.05) is 25.1 Å². The number of carbonyl (C=O) groups excluding carboxylic acids is 1. The number of hydrogen-bond donors (Lipinski definition) is 1. The van der Waals surface area contributed by atoms with Crippen LogP contribution in [0.2, 0.25) is 0 Å². The molecule has 0 amide bonds. The van der Waals surface area contributed by atoms with Crippen molar-refractivity contribution in [1.29, 1.82) is 0 Å². The summed E-state index contributed by atoms with van der Waals surface area (Å²) >= 11 is 0.